The van der Waals surface area contributed by atoms with Gasteiger partial charge in [-0.3, -0.25) is 0 Å². The Bertz CT molecular complexity index is 413. The highest BCUT2D eigenvalue weighted by atomic mass is 35.5. The van der Waals surface area contributed by atoms with Gasteiger partial charge in [0.15, 0.2) is 0 Å². The summed E-state index contributed by atoms with van der Waals surface area (Å²) < 4.78 is 0. The van der Waals surface area contributed by atoms with Gasteiger partial charge in [-0.1, -0.05) is 23.7 Å². The zero-order chi connectivity index (χ0) is 12.5. The number of rotatable bonds is 6. The number of benzene rings is 1. The number of aliphatic hydroxyl groups excluding tert-OH is 1. The molecule has 0 unspecified atom stereocenters. The highest BCUT2D eigenvalue weighted by Gasteiger charge is 2.30. The molecule has 98 valence electrons. The third-order valence-electron chi connectivity index (χ3n) is 3.91. The van der Waals surface area contributed by atoms with E-state index in [-0.39, 0.29) is 6.61 Å². The molecule has 1 N–H and O–H groups in total. The van der Waals surface area contributed by atoms with E-state index in [2.05, 4.69) is 4.90 Å². The Labute approximate surface area is 114 Å². The van der Waals surface area contributed by atoms with Crippen LogP contribution in [0.2, 0.25) is 5.02 Å². The molecule has 0 atom stereocenters. The second-order valence-corrected chi connectivity index (χ2v) is 6.10. The number of nitrogens with zero attached hydrogens (tertiary/aromatic N) is 1. The van der Waals surface area contributed by atoms with Crippen molar-refractivity contribution in [2.75, 3.05) is 18.0 Å². The smallest absolute Gasteiger partial charge is 0.0702 e. The monoisotopic (exact) mass is 265 g/mol. The molecule has 1 aromatic rings. The molecule has 2 saturated carbocycles. The van der Waals surface area contributed by atoms with Gasteiger partial charge in [0.1, 0.15) is 0 Å². The van der Waals surface area contributed by atoms with Crippen molar-refractivity contribution in [3.63, 3.8) is 0 Å². The minimum atomic E-state index is 0.0712. The van der Waals surface area contributed by atoms with Crippen molar-refractivity contribution in [1.82, 2.24) is 0 Å². The summed E-state index contributed by atoms with van der Waals surface area (Å²) in [6.07, 6.45) is 5.39. The lowest BCUT2D eigenvalue weighted by Gasteiger charge is -2.28. The summed E-state index contributed by atoms with van der Waals surface area (Å²) in [5.41, 5.74) is 2.03. The maximum absolute atomic E-state index is 9.51. The zero-order valence-corrected chi connectivity index (χ0v) is 11.4. The average Bonchev–Trinajstić information content (AvgIpc) is 3.23. The normalized spacial score (nSPS) is 19.0. The summed E-state index contributed by atoms with van der Waals surface area (Å²) in [4.78, 5) is 2.42. The van der Waals surface area contributed by atoms with E-state index in [9.17, 15) is 5.11 Å². The zero-order valence-electron chi connectivity index (χ0n) is 10.6. The average molecular weight is 266 g/mol. The Hall–Kier alpha value is -0.730. The minimum absolute atomic E-state index is 0.0712. The molecular formula is C15H20ClNO. The van der Waals surface area contributed by atoms with Crippen molar-refractivity contribution in [1.29, 1.82) is 0 Å². The topological polar surface area (TPSA) is 23.5 Å². The maximum Gasteiger partial charge on any atom is 0.0702 e. The van der Waals surface area contributed by atoms with Crippen molar-refractivity contribution in [2.24, 2.45) is 11.8 Å². The summed E-state index contributed by atoms with van der Waals surface area (Å²) in [5, 5.41) is 10.3. The van der Waals surface area contributed by atoms with E-state index in [1.54, 1.807) is 0 Å². The van der Waals surface area contributed by atoms with Crippen LogP contribution in [0.4, 0.5) is 5.69 Å². The lowest BCUT2D eigenvalue weighted by atomic mass is 10.1. The van der Waals surface area contributed by atoms with Gasteiger partial charge in [-0.25, -0.2) is 0 Å². The van der Waals surface area contributed by atoms with E-state index in [1.165, 1.54) is 25.7 Å². The van der Waals surface area contributed by atoms with Crippen LogP contribution in [0.5, 0.6) is 0 Å². The van der Waals surface area contributed by atoms with Crippen molar-refractivity contribution in [2.45, 2.75) is 32.3 Å². The Balaban J connectivity index is 1.86. The van der Waals surface area contributed by atoms with Gasteiger partial charge >= 0.3 is 0 Å². The highest BCUT2D eigenvalue weighted by Crippen LogP contribution is 2.39. The molecule has 0 radical (unpaired) electrons. The molecule has 2 fully saturated rings. The maximum atomic E-state index is 9.51. The lowest BCUT2D eigenvalue weighted by Crippen LogP contribution is -2.29. The highest BCUT2D eigenvalue weighted by molar-refractivity contribution is 6.33. The fourth-order valence-electron chi connectivity index (χ4n) is 2.52. The van der Waals surface area contributed by atoms with Crippen LogP contribution in [-0.2, 0) is 6.61 Å². The fourth-order valence-corrected chi connectivity index (χ4v) is 2.84. The predicted molar refractivity (Wildman–Crippen MR) is 75.0 cm³/mol. The van der Waals surface area contributed by atoms with Gasteiger partial charge in [0, 0.05) is 18.7 Å². The second kappa shape index (κ2) is 5.10. The molecule has 0 spiro atoms. The molecule has 1 aromatic carbocycles. The number of para-hydroxylation sites is 1. The number of hydrogen-bond acceptors (Lipinski definition) is 2. The molecular weight excluding hydrogens is 246 g/mol. The first-order chi connectivity index (χ1) is 8.78. The Morgan fingerprint density at radius 2 is 1.72 bits per heavy atom. The van der Waals surface area contributed by atoms with Crippen LogP contribution < -0.4 is 4.90 Å². The molecule has 0 bridgehead atoms. The van der Waals surface area contributed by atoms with E-state index < -0.39 is 0 Å². The molecule has 0 heterocycles. The van der Waals surface area contributed by atoms with Crippen LogP contribution in [-0.4, -0.2) is 18.2 Å². The fraction of sp³-hybridized carbons (Fsp3) is 0.600. The first kappa shape index (κ1) is 12.3. The number of anilines is 1. The molecule has 0 aromatic heterocycles. The van der Waals surface area contributed by atoms with E-state index in [0.29, 0.717) is 0 Å². The first-order valence-electron chi connectivity index (χ1n) is 6.91. The van der Waals surface area contributed by atoms with Crippen molar-refractivity contribution in [3.05, 3.63) is 28.8 Å². The molecule has 0 amide bonds. The summed E-state index contributed by atoms with van der Waals surface area (Å²) in [5.74, 6) is 1.68. The van der Waals surface area contributed by atoms with E-state index in [0.717, 1.165) is 41.2 Å². The van der Waals surface area contributed by atoms with Crippen molar-refractivity contribution >= 4 is 17.3 Å². The molecule has 2 aliphatic carbocycles. The summed E-state index contributed by atoms with van der Waals surface area (Å²) in [6.45, 7) is 2.28. The third kappa shape index (κ3) is 2.81. The second-order valence-electron chi connectivity index (χ2n) is 5.70. The Morgan fingerprint density at radius 1 is 1.11 bits per heavy atom. The third-order valence-corrected chi connectivity index (χ3v) is 4.21. The molecule has 18 heavy (non-hydrogen) atoms. The Kier molecular flexibility index (Phi) is 3.49. The van der Waals surface area contributed by atoms with Gasteiger partial charge in [0.25, 0.3) is 0 Å². The van der Waals surface area contributed by atoms with Crippen molar-refractivity contribution < 1.29 is 5.11 Å². The van der Waals surface area contributed by atoms with Gasteiger partial charge in [-0.2, -0.15) is 0 Å². The predicted octanol–water partition coefficient (Wildman–Crippen LogP) is 3.46. The van der Waals surface area contributed by atoms with Gasteiger partial charge < -0.3 is 10.0 Å². The SMILES string of the molecule is OCc1cccc(Cl)c1N(CC1CC1)CC1CC1. The van der Waals surface area contributed by atoms with Crippen LogP contribution in [0.1, 0.15) is 31.2 Å². The van der Waals surface area contributed by atoms with Crippen molar-refractivity contribution in [3.8, 4) is 0 Å². The standard InChI is InChI=1S/C15H20ClNO/c16-14-3-1-2-13(10-18)15(14)17(8-11-4-5-11)9-12-6-7-12/h1-3,11-12,18H,4-10H2. The lowest BCUT2D eigenvalue weighted by molar-refractivity contribution is 0.282. The summed E-state index contributed by atoms with van der Waals surface area (Å²) >= 11 is 6.36. The summed E-state index contributed by atoms with van der Waals surface area (Å²) in [6, 6.07) is 5.83. The molecule has 0 aliphatic heterocycles. The van der Waals surface area contributed by atoms with Crippen LogP contribution >= 0.6 is 11.6 Å². The summed E-state index contributed by atoms with van der Waals surface area (Å²) in [7, 11) is 0. The first-order valence-corrected chi connectivity index (χ1v) is 7.29. The quantitative estimate of drug-likeness (QED) is 0.852. The number of halogens is 1. The van der Waals surface area contributed by atoms with Crippen LogP contribution in [0.15, 0.2) is 18.2 Å². The largest absolute Gasteiger partial charge is 0.392 e. The van der Waals surface area contributed by atoms with Gasteiger partial charge in [0.2, 0.25) is 0 Å². The van der Waals surface area contributed by atoms with E-state index >= 15 is 0 Å². The van der Waals surface area contributed by atoms with Crippen LogP contribution in [0, 0.1) is 11.8 Å². The van der Waals surface area contributed by atoms with Gasteiger partial charge in [0.05, 0.1) is 17.3 Å². The number of hydrogen-bond donors (Lipinski definition) is 1. The molecule has 3 heteroatoms. The van der Waals surface area contributed by atoms with Crippen LogP contribution in [0.3, 0.4) is 0 Å². The van der Waals surface area contributed by atoms with Gasteiger partial charge in [-0.15, -0.1) is 0 Å². The van der Waals surface area contributed by atoms with E-state index in [4.69, 9.17) is 11.6 Å². The molecule has 2 aliphatic rings. The molecule has 2 nitrogen and oxygen atoms in total. The van der Waals surface area contributed by atoms with Gasteiger partial charge in [-0.05, 0) is 43.6 Å². The van der Waals surface area contributed by atoms with Crippen LogP contribution in [0.25, 0.3) is 0 Å². The Morgan fingerprint density at radius 3 is 2.22 bits per heavy atom. The molecule has 0 saturated heterocycles. The number of aliphatic hydroxyl groups is 1. The minimum Gasteiger partial charge on any atom is -0.392 e. The van der Waals surface area contributed by atoms with E-state index in [1.807, 2.05) is 18.2 Å². The molecule has 3 rings (SSSR count).